The minimum absolute atomic E-state index is 0.0121. The summed E-state index contributed by atoms with van der Waals surface area (Å²) in [5.74, 6) is 0.661. The summed E-state index contributed by atoms with van der Waals surface area (Å²) in [5, 5.41) is 9.47. The molecule has 1 atom stereocenters. The molecule has 1 aromatic heterocycles. The zero-order valence-electron chi connectivity index (χ0n) is 20.4. The molecule has 2 aliphatic heterocycles. The van der Waals surface area contributed by atoms with Crippen molar-refractivity contribution in [3.63, 3.8) is 0 Å². The van der Waals surface area contributed by atoms with Crippen LogP contribution in [0.1, 0.15) is 19.8 Å². The highest BCUT2D eigenvalue weighted by atomic mass is 16.2. The van der Waals surface area contributed by atoms with Gasteiger partial charge in [0.15, 0.2) is 0 Å². The predicted molar refractivity (Wildman–Crippen MR) is 141 cm³/mol. The monoisotopic (exact) mass is 485 g/mol. The molecule has 3 heterocycles. The standard InChI is InChI=1S/C27H31N7O2/c1-19(35)33-15-17-34(18-16-33)23-10-8-22(9-11-23)31-27-29-14-12-24(32-27)20-4-6-21(7-5-20)30-26(36)25-3-2-13-28-25/h4-12,14,25,28H,2-3,13,15-18H2,1H3,(H,30,36)(H,29,31,32). The molecule has 9 nitrogen and oxygen atoms in total. The van der Waals surface area contributed by atoms with E-state index in [1.807, 2.05) is 47.4 Å². The number of rotatable bonds is 6. The largest absolute Gasteiger partial charge is 0.368 e. The van der Waals surface area contributed by atoms with Crippen LogP contribution in [0, 0.1) is 0 Å². The number of aromatic nitrogens is 2. The van der Waals surface area contributed by atoms with Gasteiger partial charge in [0.25, 0.3) is 0 Å². The van der Waals surface area contributed by atoms with E-state index in [9.17, 15) is 9.59 Å². The van der Waals surface area contributed by atoms with Crippen LogP contribution in [0.3, 0.4) is 0 Å². The molecule has 0 radical (unpaired) electrons. The molecule has 5 rings (SSSR count). The average Bonchev–Trinajstić information content (AvgIpc) is 3.45. The smallest absolute Gasteiger partial charge is 0.241 e. The topological polar surface area (TPSA) is 102 Å². The minimum Gasteiger partial charge on any atom is -0.368 e. The first kappa shape index (κ1) is 23.7. The molecule has 2 saturated heterocycles. The van der Waals surface area contributed by atoms with E-state index in [0.717, 1.165) is 73.9 Å². The molecule has 2 aromatic carbocycles. The average molecular weight is 486 g/mol. The molecule has 2 aliphatic rings. The van der Waals surface area contributed by atoms with Crippen LogP contribution in [-0.2, 0) is 9.59 Å². The second kappa shape index (κ2) is 10.7. The highest BCUT2D eigenvalue weighted by Crippen LogP contribution is 2.24. The molecule has 0 bridgehead atoms. The van der Waals surface area contributed by atoms with E-state index in [1.165, 1.54) is 0 Å². The lowest BCUT2D eigenvalue weighted by atomic mass is 10.1. The van der Waals surface area contributed by atoms with E-state index in [0.29, 0.717) is 5.95 Å². The zero-order chi connectivity index (χ0) is 24.9. The highest BCUT2D eigenvalue weighted by Gasteiger charge is 2.22. The van der Waals surface area contributed by atoms with Crippen LogP contribution in [0.4, 0.5) is 23.0 Å². The van der Waals surface area contributed by atoms with Gasteiger partial charge in [0.05, 0.1) is 11.7 Å². The van der Waals surface area contributed by atoms with Crippen LogP contribution in [0.25, 0.3) is 11.3 Å². The Labute approximate surface area is 210 Å². The van der Waals surface area contributed by atoms with Crippen LogP contribution >= 0.6 is 0 Å². The van der Waals surface area contributed by atoms with Gasteiger partial charge in [-0.3, -0.25) is 9.59 Å². The summed E-state index contributed by atoms with van der Waals surface area (Å²) >= 11 is 0. The van der Waals surface area contributed by atoms with Gasteiger partial charge in [-0.05, 0) is 61.9 Å². The summed E-state index contributed by atoms with van der Waals surface area (Å²) in [6.07, 6.45) is 3.64. The lowest BCUT2D eigenvalue weighted by Crippen LogP contribution is -2.48. The summed E-state index contributed by atoms with van der Waals surface area (Å²) in [4.78, 5) is 37.1. The number of nitrogens with zero attached hydrogens (tertiary/aromatic N) is 4. The van der Waals surface area contributed by atoms with Crippen LogP contribution in [-0.4, -0.2) is 65.4 Å². The van der Waals surface area contributed by atoms with E-state index >= 15 is 0 Å². The maximum Gasteiger partial charge on any atom is 0.241 e. The first-order valence-corrected chi connectivity index (χ1v) is 12.4. The molecule has 0 aliphatic carbocycles. The molecule has 186 valence electrons. The molecule has 0 saturated carbocycles. The number of carbonyl (C=O) groups is 2. The van der Waals surface area contributed by atoms with E-state index < -0.39 is 0 Å². The van der Waals surface area contributed by atoms with Crippen molar-refractivity contribution in [2.45, 2.75) is 25.8 Å². The molecular formula is C27H31N7O2. The maximum atomic E-state index is 12.3. The fourth-order valence-corrected chi connectivity index (χ4v) is 4.61. The lowest BCUT2D eigenvalue weighted by molar-refractivity contribution is -0.129. The molecule has 9 heteroatoms. The molecular weight excluding hydrogens is 454 g/mol. The van der Waals surface area contributed by atoms with Crippen molar-refractivity contribution in [2.24, 2.45) is 0 Å². The van der Waals surface area contributed by atoms with Crippen molar-refractivity contribution in [1.82, 2.24) is 20.2 Å². The van der Waals surface area contributed by atoms with Gasteiger partial charge in [0, 0.05) is 61.9 Å². The number of amides is 2. The quantitative estimate of drug-likeness (QED) is 0.493. The number of anilines is 4. The Morgan fingerprint density at radius 3 is 2.33 bits per heavy atom. The molecule has 3 aromatic rings. The normalized spacial score (nSPS) is 17.6. The van der Waals surface area contributed by atoms with Crippen molar-refractivity contribution < 1.29 is 9.59 Å². The van der Waals surface area contributed by atoms with Crippen molar-refractivity contribution in [1.29, 1.82) is 0 Å². The van der Waals surface area contributed by atoms with Crippen LogP contribution in [0.2, 0.25) is 0 Å². The van der Waals surface area contributed by atoms with Crippen LogP contribution < -0.4 is 20.9 Å². The Hall–Kier alpha value is -3.98. The number of benzene rings is 2. The second-order valence-electron chi connectivity index (χ2n) is 9.15. The summed E-state index contributed by atoms with van der Waals surface area (Å²) in [6, 6.07) is 17.6. The first-order chi connectivity index (χ1) is 17.5. The van der Waals surface area contributed by atoms with Gasteiger partial charge >= 0.3 is 0 Å². The number of hydrogen-bond acceptors (Lipinski definition) is 7. The third-order valence-corrected chi connectivity index (χ3v) is 6.69. The fraction of sp³-hybridized carbons (Fsp3) is 0.333. The fourth-order valence-electron chi connectivity index (χ4n) is 4.61. The maximum absolute atomic E-state index is 12.3. The first-order valence-electron chi connectivity index (χ1n) is 12.4. The van der Waals surface area contributed by atoms with Gasteiger partial charge in [-0.1, -0.05) is 12.1 Å². The molecule has 1 unspecified atom stereocenters. The van der Waals surface area contributed by atoms with Crippen LogP contribution in [0.15, 0.2) is 60.8 Å². The molecule has 36 heavy (non-hydrogen) atoms. The highest BCUT2D eigenvalue weighted by molar-refractivity contribution is 5.95. The van der Waals surface area contributed by atoms with Crippen molar-refractivity contribution >= 4 is 34.8 Å². The lowest BCUT2D eigenvalue weighted by Gasteiger charge is -2.35. The van der Waals surface area contributed by atoms with E-state index in [2.05, 4.69) is 43.0 Å². The minimum atomic E-state index is -0.105. The number of hydrogen-bond donors (Lipinski definition) is 3. The Bertz CT molecular complexity index is 1200. The van der Waals surface area contributed by atoms with Gasteiger partial charge in [-0.25, -0.2) is 9.97 Å². The van der Waals surface area contributed by atoms with Gasteiger partial charge < -0.3 is 25.8 Å². The molecule has 2 fully saturated rings. The van der Waals surface area contributed by atoms with E-state index in [1.54, 1.807) is 13.1 Å². The van der Waals surface area contributed by atoms with Gasteiger partial charge in [-0.15, -0.1) is 0 Å². The summed E-state index contributed by atoms with van der Waals surface area (Å²) in [7, 11) is 0. The van der Waals surface area contributed by atoms with Gasteiger partial charge in [-0.2, -0.15) is 0 Å². The van der Waals surface area contributed by atoms with E-state index in [4.69, 9.17) is 0 Å². The summed E-state index contributed by atoms with van der Waals surface area (Å²) < 4.78 is 0. The zero-order valence-corrected chi connectivity index (χ0v) is 20.4. The van der Waals surface area contributed by atoms with Crippen molar-refractivity contribution in [3.8, 4) is 11.3 Å². The van der Waals surface area contributed by atoms with Crippen LogP contribution in [0.5, 0.6) is 0 Å². The summed E-state index contributed by atoms with van der Waals surface area (Å²) in [6.45, 7) is 5.68. The third-order valence-electron chi connectivity index (χ3n) is 6.69. The van der Waals surface area contributed by atoms with Crippen molar-refractivity contribution in [3.05, 3.63) is 60.8 Å². The molecule has 2 amide bonds. The van der Waals surface area contributed by atoms with Gasteiger partial charge in [0.2, 0.25) is 17.8 Å². The Balaban J connectivity index is 1.19. The SMILES string of the molecule is CC(=O)N1CCN(c2ccc(Nc3nccc(-c4ccc(NC(=O)C5CCCN5)cc4)n3)cc2)CC1. The Kier molecular flexibility index (Phi) is 7.08. The second-order valence-corrected chi connectivity index (χ2v) is 9.15. The number of nitrogens with one attached hydrogen (secondary N) is 3. The Morgan fingerprint density at radius 1 is 0.944 bits per heavy atom. The molecule has 3 N–H and O–H groups in total. The molecule has 0 spiro atoms. The Morgan fingerprint density at radius 2 is 1.67 bits per heavy atom. The van der Waals surface area contributed by atoms with Gasteiger partial charge in [0.1, 0.15) is 0 Å². The summed E-state index contributed by atoms with van der Waals surface area (Å²) in [5.41, 5.74) is 4.54. The number of carbonyl (C=O) groups excluding carboxylic acids is 2. The third kappa shape index (κ3) is 5.63. The van der Waals surface area contributed by atoms with Crippen molar-refractivity contribution in [2.75, 3.05) is 48.3 Å². The predicted octanol–water partition coefficient (Wildman–Crippen LogP) is 3.25. The van der Waals surface area contributed by atoms with E-state index in [-0.39, 0.29) is 17.9 Å². The number of piperazine rings is 1.